The van der Waals surface area contributed by atoms with Crippen LogP contribution >= 0.6 is 0 Å². The summed E-state index contributed by atoms with van der Waals surface area (Å²) in [5, 5.41) is 14.2. The number of alkyl carbamates (subject to hydrolysis) is 1. The second-order valence-electron chi connectivity index (χ2n) is 6.86. The molecule has 1 atom stereocenters. The highest BCUT2D eigenvalue weighted by molar-refractivity contribution is 5.97. The Kier molecular flexibility index (Phi) is 6.18. The van der Waals surface area contributed by atoms with Crippen LogP contribution < -0.4 is 10.6 Å². The Labute approximate surface area is 157 Å². The van der Waals surface area contributed by atoms with Gasteiger partial charge in [0.25, 0.3) is 5.91 Å². The molecule has 2 rings (SSSR count). The first-order valence-corrected chi connectivity index (χ1v) is 8.34. The van der Waals surface area contributed by atoms with Gasteiger partial charge in [0.1, 0.15) is 11.6 Å². The number of hydrogen-bond donors (Lipinski definition) is 3. The third-order valence-electron chi connectivity index (χ3n) is 3.46. The first-order valence-electron chi connectivity index (χ1n) is 8.34. The van der Waals surface area contributed by atoms with Gasteiger partial charge in [0, 0.05) is 5.69 Å². The predicted octanol–water partition coefficient (Wildman–Crippen LogP) is 3.59. The maximum atomic E-state index is 12.7. The SMILES string of the molecule is CC(C)(C)OC(=O)NC(C(=O)Nc1ccc(C(=O)O)cc1)c1ccccc1. The number of carboxylic acids is 1. The summed E-state index contributed by atoms with van der Waals surface area (Å²) in [7, 11) is 0. The van der Waals surface area contributed by atoms with E-state index in [1.54, 1.807) is 51.1 Å². The van der Waals surface area contributed by atoms with Crippen LogP contribution in [0.3, 0.4) is 0 Å². The molecule has 7 nitrogen and oxygen atoms in total. The quantitative estimate of drug-likeness (QED) is 0.746. The van der Waals surface area contributed by atoms with Gasteiger partial charge in [0.15, 0.2) is 0 Å². The van der Waals surface area contributed by atoms with Crippen molar-refractivity contribution < 1.29 is 24.2 Å². The number of ether oxygens (including phenoxy) is 1. The number of rotatable bonds is 5. The lowest BCUT2D eigenvalue weighted by Gasteiger charge is -2.23. The average molecular weight is 370 g/mol. The zero-order chi connectivity index (χ0) is 20.0. The fourth-order valence-electron chi connectivity index (χ4n) is 2.28. The number of carbonyl (C=O) groups is 3. The Hall–Kier alpha value is -3.35. The third-order valence-corrected chi connectivity index (χ3v) is 3.46. The van der Waals surface area contributed by atoms with E-state index in [1.807, 2.05) is 0 Å². The molecule has 0 aliphatic rings. The molecule has 0 aromatic heterocycles. The van der Waals surface area contributed by atoms with Crippen molar-refractivity contribution in [3.63, 3.8) is 0 Å². The smallest absolute Gasteiger partial charge is 0.408 e. The molecule has 0 radical (unpaired) electrons. The van der Waals surface area contributed by atoms with Crippen molar-refractivity contribution in [2.45, 2.75) is 32.4 Å². The van der Waals surface area contributed by atoms with Gasteiger partial charge >= 0.3 is 12.1 Å². The van der Waals surface area contributed by atoms with E-state index < -0.39 is 29.6 Å². The molecule has 142 valence electrons. The van der Waals surface area contributed by atoms with Crippen molar-refractivity contribution in [2.75, 3.05) is 5.32 Å². The summed E-state index contributed by atoms with van der Waals surface area (Å²) in [6, 6.07) is 13.5. The number of carboxylic acid groups (broad SMARTS) is 1. The van der Waals surface area contributed by atoms with E-state index in [0.29, 0.717) is 11.3 Å². The Balaban J connectivity index is 2.18. The number of benzene rings is 2. The maximum absolute atomic E-state index is 12.7. The molecule has 0 saturated heterocycles. The van der Waals surface area contributed by atoms with E-state index in [1.165, 1.54) is 24.3 Å². The highest BCUT2D eigenvalue weighted by atomic mass is 16.6. The van der Waals surface area contributed by atoms with Crippen LogP contribution in [0.2, 0.25) is 0 Å². The molecule has 0 aliphatic heterocycles. The topological polar surface area (TPSA) is 105 Å². The fourth-order valence-corrected chi connectivity index (χ4v) is 2.28. The predicted molar refractivity (Wildman–Crippen MR) is 101 cm³/mol. The molecule has 0 fully saturated rings. The molecule has 0 saturated carbocycles. The van der Waals surface area contributed by atoms with Gasteiger partial charge in [-0.05, 0) is 50.6 Å². The summed E-state index contributed by atoms with van der Waals surface area (Å²) in [6.07, 6.45) is -0.715. The molecule has 0 aliphatic carbocycles. The van der Waals surface area contributed by atoms with Crippen LogP contribution in [0.1, 0.15) is 42.7 Å². The van der Waals surface area contributed by atoms with E-state index >= 15 is 0 Å². The minimum atomic E-state index is -1.05. The number of anilines is 1. The first kappa shape index (κ1) is 20.0. The summed E-state index contributed by atoms with van der Waals surface area (Å²) in [4.78, 5) is 35.8. The highest BCUT2D eigenvalue weighted by Crippen LogP contribution is 2.18. The lowest BCUT2D eigenvalue weighted by molar-refractivity contribution is -0.118. The van der Waals surface area contributed by atoms with Crippen molar-refractivity contribution >= 4 is 23.7 Å². The number of carbonyl (C=O) groups excluding carboxylic acids is 2. The minimum absolute atomic E-state index is 0.111. The molecule has 27 heavy (non-hydrogen) atoms. The Morgan fingerprint density at radius 1 is 0.963 bits per heavy atom. The number of nitrogens with one attached hydrogen (secondary N) is 2. The number of aromatic carboxylic acids is 1. The lowest BCUT2D eigenvalue weighted by Crippen LogP contribution is -2.40. The molecule has 3 N–H and O–H groups in total. The molecule has 0 spiro atoms. The van der Waals surface area contributed by atoms with Crippen LogP contribution in [-0.2, 0) is 9.53 Å². The highest BCUT2D eigenvalue weighted by Gasteiger charge is 2.26. The van der Waals surface area contributed by atoms with E-state index in [0.717, 1.165) is 0 Å². The van der Waals surface area contributed by atoms with Gasteiger partial charge in [-0.3, -0.25) is 4.79 Å². The first-order chi connectivity index (χ1) is 12.7. The van der Waals surface area contributed by atoms with Crippen LogP contribution in [0, 0.1) is 0 Å². The molecular weight excluding hydrogens is 348 g/mol. The molecule has 2 aromatic carbocycles. The van der Waals surface area contributed by atoms with Crippen LogP contribution in [0.25, 0.3) is 0 Å². The number of amides is 2. The second kappa shape index (κ2) is 8.35. The summed E-state index contributed by atoms with van der Waals surface area (Å²) in [5.74, 6) is -1.53. The van der Waals surface area contributed by atoms with E-state index in [4.69, 9.17) is 9.84 Å². The van der Waals surface area contributed by atoms with Crippen molar-refractivity contribution in [3.8, 4) is 0 Å². The van der Waals surface area contributed by atoms with Crippen molar-refractivity contribution in [2.24, 2.45) is 0 Å². The zero-order valence-electron chi connectivity index (χ0n) is 15.4. The van der Waals surface area contributed by atoms with Gasteiger partial charge in [0.2, 0.25) is 0 Å². The fraction of sp³-hybridized carbons (Fsp3) is 0.250. The Morgan fingerprint density at radius 2 is 1.56 bits per heavy atom. The van der Waals surface area contributed by atoms with Crippen LogP contribution in [-0.4, -0.2) is 28.7 Å². The van der Waals surface area contributed by atoms with E-state index in [9.17, 15) is 14.4 Å². The zero-order valence-corrected chi connectivity index (χ0v) is 15.4. The van der Waals surface area contributed by atoms with E-state index in [-0.39, 0.29) is 5.56 Å². The van der Waals surface area contributed by atoms with Gasteiger partial charge in [-0.1, -0.05) is 30.3 Å². The normalized spacial score (nSPS) is 12.0. The van der Waals surface area contributed by atoms with Crippen LogP contribution in [0.5, 0.6) is 0 Å². The van der Waals surface area contributed by atoms with Gasteiger partial charge in [-0.15, -0.1) is 0 Å². The standard InChI is InChI=1S/C20H22N2O5/c1-20(2,3)27-19(26)22-16(13-7-5-4-6-8-13)17(23)21-15-11-9-14(10-12-15)18(24)25/h4-12,16H,1-3H3,(H,21,23)(H,22,26)(H,24,25). The summed E-state index contributed by atoms with van der Waals surface area (Å²) in [5.41, 5.74) is 0.411. The van der Waals surface area contributed by atoms with Gasteiger partial charge in [-0.2, -0.15) is 0 Å². The van der Waals surface area contributed by atoms with Crippen LogP contribution in [0.4, 0.5) is 10.5 Å². The molecule has 1 unspecified atom stereocenters. The van der Waals surface area contributed by atoms with Crippen molar-refractivity contribution in [1.82, 2.24) is 5.32 Å². The van der Waals surface area contributed by atoms with Gasteiger partial charge < -0.3 is 20.5 Å². The third kappa shape index (κ3) is 6.14. The molecule has 2 amide bonds. The molecule has 0 bridgehead atoms. The largest absolute Gasteiger partial charge is 0.478 e. The lowest BCUT2D eigenvalue weighted by atomic mass is 10.1. The summed E-state index contributed by atoms with van der Waals surface area (Å²) in [6.45, 7) is 5.19. The summed E-state index contributed by atoms with van der Waals surface area (Å²) >= 11 is 0. The Bertz CT molecular complexity index is 811. The maximum Gasteiger partial charge on any atom is 0.408 e. The molecule has 7 heteroatoms. The monoisotopic (exact) mass is 370 g/mol. The second-order valence-corrected chi connectivity index (χ2v) is 6.86. The molecule has 2 aromatic rings. The molecule has 0 heterocycles. The minimum Gasteiger partial charge on any atom is -0.478 e. The van der Waals surface area contributed by atoms with Crippen molar-refractivity contribution in [1.29, 1.82) is 0 Å². The summed E-state index contributed by atoms with van der Waals surface area (Å²) < 4.78 is 5.24. The van der Waals surface area contributed by atoms with Gasteiger partial charge in [-0.25, -0.2) is 9.59 Å². The average Bonchev–Trinajstić information content (AvgIpc) is 2.59. The van der Waals surface area contributed by atoms with Crippen LogP contribution in [0.15, 0.2) is 54.6 Å². The molecular formula is C20H22N2O5. The van der Waals surface area contributed by atoms with E-state index in [2.05, 4.69) is 10.6 Å². The Morgan fingerprint density at radius 3 is 2.07 bits per heavy atom. The number of hydrogen-bond acceptors (Lipinski definition) is 4. The van der Waals surface area contributed by atoms with Crippen molar-refractivity contribution in [3.05, 3.63) is 65.7 Å². The van der Waals surface area contributed by atoms with Gasteiger partial charge in [0.05, 0.1) is 5.56 Å².